The maximum Gasteiger partial charge on any atom is 0.341 e. The lowest BCUT2D eigenvalue weighted by atomic mass is 10.0. The molecule has 1 saturated heterocycles. The first kappa shape index (κ1) is 20.2. The van der Waals surface area contributed by atoms with Gasteiger partial charge in [0.1, 0.15) is 11.8 Å². The Morgan fingerprint density at radius 2 is 2.12 bits per heavy atom. The number of nitrogens with zero attached hydrogens (tertiary/aromatic N) is 1. The van der Waals surface area contributed by atoms with Crippen molar-refractivity contribution in [1.29, 1.82) is 0 Å². The monoisotopic (exact) mass is 384 g/mol. The van der Waals surface area contributed by atoms with Crippen molar-refractivity contribution in [2.75, 3.05) is 24.2 Å². The van der Waals surface area contributed by atoms with Gasteiger partial charge in [-0.1, -0.05) is 19.4 Å². The van der Waals surface area contributed by atoms with Crippen molar-refractivity contribution in [3.8, 4) is 5.75 Å². The van der Waals surface area contributed by atoms with Crippen LogP contribution < -0.4 is 10.1 Å². The summed E-state index contributed by atoms with van der Waals surface area (Å²) in [7, 11) is -3.46. The third-order valence-corrected chi connectivity index (χ3v) is 6.12. The van der Waals surface area contributed by atoms with Crippen LogP contribution in [0, 0.1) is 0 Å². The van der Waals surface area contributed by atoms with Crippen LogP contribution in [0.25, 0.3) is 0 Å². The van der Waals surface area contributed by atoms with E-state index in [1.165, 1.54) is 10.4 Å². The number of carbonyl (C=O) groups is 2. The highest BCUT2D eigenvalue weighted by Gasteiger charge is 2.36. The molecule has 8 nitrogen and oxygen atoms in total. The third-order valence-electron chi connectivity index (χ3n) is 4.04. The van der Waals surface area contributed by atoms with E-state index >= 15 is 0 Å². The Morgan fingerprint density at radius 3 is 2.81 bits per heavy atom. The first-order valence-electron chi connectivity index (χ1n) is 8.58. The second kappa shape index (κ2) is 9.00. The molecule has 0 aromatic heterocycles. The Kier molecular flexibility index (Phi) is 6.98. The highest BCUT2D eigenvalue weighted by Crippen LogP contribution is 2.24. The molecule has 1 aliphatic rings. The molecular weight excluding hydrogens is 360 g/mol. The van der Waals surface area contributed by atoms with Gasteiger partial charge in [0.15, 0.2) is 6.61 Å². The minimum Gasteiger partial charge on any atom is -0.482 e. The van der Waals surface area contributed by atoms with Crippen LogP contribution in [0.4, 0.5) is 5.69 Å². The maximum atomic E-state index is 12.7. The zero-order valence-corrected chi connectivity index (χ0v) is 15.5. The molecule has 0 aliphatic carbocycles. The summed E-state index contributed by atoms with van der Waals surface area (Å²) in [6.07, 6.45) is 2.50. The minimum atomic E-state index is -3.46. The van der Waals surface area contributed by atoms with Crippen LogP contribution in [0.2, 0.25) is 0 Å². The highest BCUT2D eigenvalue weighted by atomic mass is 32.2. The quantitative estimate of drug-likeness (QED) is 0.705. The van der Waals surface area contributed by atoms with Gasteiger partial charge >= 0.3 is 5.97 Å². The van der Waals surface area contributed by atoms with E-state index in [4.69, 9.17) is 9.84 Å². The largest absolute Gasteiger partial charge is 0.482 e. The molecule has 1 aromatic carbocycles. The van der Waals surface area contributed by atoms with Crippen LogP contribution in [-0.4, -0.2) is 54.7 Å². The van der Waals surface area contributed by atoms with Crippen molar-refractivity contribution in [2.24, 2.45) is 0 Å². The number of hydrogen-bond acceptors (Lipinski definition) is 5. The Labute approximate surface area is 153 Å². The Bertz CT molecular complexity index is 749. The molecular formula is C17H24N2O6S. The zero-order chi connectivity index (χ0) is 19.2. The lowest BCUT2D eigenvalue weighted by Crippen LogP contribution is -2.50. The first-order chi connectivity index (χ1) is 12.3. The van der Waals surface area contributed by atoms with Crippen molar-refractivity contribution >= 4 is 27.6 Å². The molecule has 26 heavy (non-hydrogen) atoms. The number of rotatable bonds is 8. The summed E-state index contributed by atoms with van der Waals surface area (Å²) in [6, 6.07) is 5.62. The number of anilines is 1. The molecule has 0 saturated carbocycles. The number of sulfonamides is 1. The zero-order valence-electron chi connectivity index (χ0n) is 14.7. The molecule has 144 valence electrons. The lowest BCUT2D eigenvalue weighted by Gasteiger charge is -2.33. The van der Waals surface area contributed by atoms with E-state index in [0.29, 0.717) is 30.8 Å². The topological polar surface area (TPSA) is 113 Å². The summed E-state index contributed by atoms with van der Waals surface area (Å²) in [5, 5.41) is 11.4. The van der Waals surface area contributed by atoms with E-state index in [9.17, 15) is 18.0 Å². The number of carbonyl (C=O) groups excluding carboxylic acids is 1. The fourth-order valence-corrected chi connectivity index (χ4v) is 4.66. The molecule has 0 bridgehead atoms. The van der Waals surface area contributed by atoms with E-state index in [0.717, 1.165) is 12.8 Å². The SMILES string of the molecule is CCCS(=O)(=O)N1CCCCC1C(=O)Nc1cccc(OCC(=O)O)c1. The van der Waals surface area contributed by atoms with Crippen LogP contribution in [0.3, 0.4) is 0 Å². The van der Waals surface area contributed by atoms with Crippen molar-refractivity contribution in [1.82, 2.24) is 4.31 Å². The molecule has 1 heterocycles. The van der Waals surface area contributed by atoms with Gasteiger partial charge in [0.05, 0.1) is 5.75 Å². The normalized spacial score (nSPS) is 18.3. The summed E-state index contributed by atoms with van der Waals surface area (Å²) in [6.45, 7) is 1.66. The van der Waals surface area contributed by atoms with Crippen molar-refractivity contribution in [3.05, 3.63) is 24.3 Å². The summed E-state index contributed by atoms with van der Waals surface area (Å²) < 4.78 is 31.2. The number of nitrogens with one attached hydrogen (secondary N) is 1. The van der Waals surface area contributed by atoms with Gasteiger partial charge in [-0.3, -0.25) is 4.79 Å². The molecule has 1 unspecified atom stereocenters. The van der Waals surface area contributed by atoms with Gasteiger partial charge < -0.3 is 15.2 Å². The second-order valence-corrected chi connectivity index (χ2v) is 8.18. The molecule has 2 rings (SSSR count). The standard InChI is InChI=1S/C17H24N2O6S/c1-2-10-26(23,24)19-9-4-3-8-15(19)17(22)18-13-6-5-7-14(11-13)25-12-16(20)21/h5-7,11,15H,2-4,8-10,12H2,1H3,(H,18,22)(H,20,21). The molecule has 9 heteroatoms. The molecule has 2 N–H and O–H groups in total. The third kappa shape index (κ3) is 5.43. The number of benzene rings is 1. The van der Waals surface area contributed by atoms with Gasteiger partial charge in [-0.05, 0) is 31.4 Å². The number of hydrogen-bond donors (Lipinski definition) is 2. The van der Waals surface area contributed by atoms with E-state index < -0.39 is 28.6 Å². The number of aliphatic carboxylic acids is 1. The predicted octanol–water partition coefficient (Wildman–Crippen LogP) is 1.68. The maximum absolute atomic E-state index is 12.7. The molecule has 1 aliphatic heterocycles. The van der Waals surface area contributed by atoms with Crippen LogP contribution in [-0.2, 0) is 19.6 Å². The first-order valence-corrected chi connectivity index (χ1v) is 10.2. The number of amides is 1. The van der Waals surface area contributed by atoms with Gasteiger partial charge in [0, 0.05) is 18.3 Å². The molecule has 1 fully saturated rings. The minimum absolute atomic E-state index is 0.0231. The number of piperidine rings is 1. The van der Waals surface area contributed by atoms with E-state index in [1.54, 1.807) is 25.1 Å². The number of carboxylic acids is 1. The second-order valence-electron chi connectivity index (χ2n) is 6.14. The fraction of sp³-hybridized carbons (Fsp3) is 0.529. The van der Waals surface area contributed by atoms with Gasteiger partial charge in [0.2, 0.25) is 15.9 Å². The molecule has 0 radical (unpaired) electrons. The van der Waals surface area contributed by atoms with E-state index in [2.05, 4.69) is 5.32 Å². The summed E-state index contributed by atoms with van der Waals surface area (Å²) >= 11 is 0. The van der Waals surface area contributed by atoms with E-state index in [1.807, 2.05) is 0 Å². The molecule has 1 amide bonds. The van der Waals surface area contributed by atoms with Crippen LogP contribution in [0.15, 0.2) is 24.3 Å². The number of ether oxygens (including phenoxy) is 1. The molecule has 1 aromatic rings. The Hall–Kier alpha value is -2.13. The van der Waals surface area contributed by atoms with Crippen LogP contribution in [0.1, 0.15) is 32.6 Å². The average Bonchev–Trinajstić information content (AvgIpc) is 2.60. The molecule has 0 spiro atoms. The summed E-state index contributed by atoms with van der Waals surface area (Å²) in [4.78, 5) is 23.2. The van der Waals surface area contributed by atoms with Crippen LogP contribution in [0.5, 0.6) is 5.75 Å². The summed E-state index contributed by atoms with van der Waals surface area (Å²) in [5.74, 6) is -1.16. The van der Waals surface area contributed by atoms with Gasteiger partial charge in [0.25, 0.3) is 0 Å². The summed E-state index contributed by atoms with van der Waals surface area (Å²) in [5.41, 5.74) is 0.427. The molecule has 1 atom stereocenters. The van der Waals surface area contributed by atoms with Gasteiger partial charge in [-0.15, -0.1) is 0 Å². The van der Waals surface area contributed by atoms with Gasteiger partial charge in [-0.25, -0.2) is 13.2 Å². The Morgan fingerprint density at radius 1 is 1.35 bits per heavy atom. The smallest absolute Gasteiger partial charge is 0.341 e. The highest BCUT2D eigenvalue weighted by molar-refractivity contribution is 7.89. The average molecular weight is 384 g/mol. The van der Waals surface area contributed by atoms with Crippen molar-refractivity contribution in [3.63, 3.8) is 0 Å². The van der Waals surface area contributed by atoms with Crippen molar-refractivity contribution in [2.45, 2.75) is 38.6 Å². The van der Waals surface area contributed by atoms with Gasteiger partial charge in [-0.2, -0.15) is 4.31 Å². The fourth-order valence-electron chi connectivity index (χ4n) is 2.91. The van der Waals surface area contributed by atoms with E-state index in [-0.39, 0.29) is 11.7 Å². The predicted molar refractivity (Wildman–Crippen MR) is 96.6 cm³/mol. The Balaban J connectivity index is 2.10. The van der Waals surface area contributed by atoms with Crippen LogP contribution >= 0.6 is 0 Å². The number of carboxylic acid groups (broad SMARTS) is 1. The lowest BCUT2D eigenvalue weighted by molar-refractivity contribution is -0.139. The van der Waals surface area contributed by atoms with Crippen molar-refractivity contribution < 1.29 is 27.9 Å².